The SMILES string of the molecule is Fc1cc(Br)cc(CC2CCCCNC2)c1. The van der Waals surface area contributed by atoms with Crippen LogP contribution in [0.3, 0.4) is 0 Å². The summed E-state index contributed by atoms with van der Waals surface area (Å²) in [5.74, 6) is 0.502. The van der Waals surface area contributed by atoms with E-state index in [1.54, 1.807) is 6.07 Å². The Hall–Kier alpha value is -0.410. The molecule has 1 unspecified atom stereocenters. The van der Waals surface area contributed by atoms with Crippen molar-refractivity contribution in [1.29, 1.82) is 0 Å². The van der Waals surface area contributed by atoms with Gasteiger partial charge in [-0.05, 0) is 62.0 Å². The minimum atomic E-state index is -0.147. The topological polar surface area (TPSA) is 12.0 Å². The first-order chi connectivity index (χ1) is 7.74. The maximum atomic E-state index is 13.2. The highest BCUT2D eigenvalue weighted by Crippen LogP contribution is 2.21. The molecule has 1 nitrogen and oxygen atoms in total. The van der Waals surface area contributed by atoms with E-state index >= 15 is 0 Å². The summed E-state index contributed by atoms with van der Waals surface area (Å²) in [6, 6.07) is 5.18. The molecule has 1 fully saturated rings. The molecule has 1 atom stereocenters. The van der Waals surface area contributed by atoms with Gasteiger partial charge in [-0.15, -0.1) is 0 Å². The van der Waals surface area contributed by atoms with Crippen LogP contribution in [0.2, 0.25) is 0 Å². The number of hydrogen-bond acceptors (Lipinski definition) is 1. The lowest BCUT2D eigenvalue weighted by molar-refractivity contribution is 0.476. The second kappa shape index (κ2) is 5.78. The number of nitrogens with one attached hydrogen (secondary N) is 1. The van der Waals surface area contributed by atoms with Crippen LogP contribution in [0, 0.1) is 11.7 Å². The number of hydrogen-bond donors (Lipinski definition) is 1. The second-order valence-corrected chi connectivity index (χ2v) is 5.46. The summed E-state index contributed by atoms with van der Waals surface area (Å²) in [6.45, 7) is 2.19. The van der Waals surface area contributed by atoms with Gasteiger partial charge < -0.3 is 5.32 Å². The van der Waals surface area contributed by atoms with Gasteiger partial charge >= 0.3 is 0 Å². The van der Waals surface area contributed by atoms with E-state index < -0.39 is 0 Å². The van der Waals surface area contributed by atoms with Crippen LogP contribution in [0.4, 0.5) is 4.39 Å². The number of benzene rings is 1. The van der Waals surface area contributed by atoms with Crippen molar-refractivity contribution in [3.05, 3.63) is 34.1 Å². The largest absolute Gasteiger partial charge is 0.316 e. The zero-order valence-corrected chi connectivity index (χ0v) is 10.9. The molecule has 0 spiro atoms. The first kappa shape index (κ1) is 12.1. The molecule has 1 aliphatic heterocycles. The van der Waals surface area contributed by atoms with E-state index in [1.165, 1.54) is 25.3 Å². The van der Waals surface area contributed by atoms with Crippen molar-refractivity contribution in [3.63, 3.8) is 0 Å². The van der Waals surface area contributed by atoms with Crippen LogP contribution in [-0.4, -0.2) is 13.1 Å². The highest BCUT2D eigenvalue weighted by atomic mass is 79.9. The molecule has 0 amide bonds. The van der Waals surface area contributed by atoms with Gasteiger partial charge in [-0.3, -0.25) is 0 Å². The monoisotopic (exact) mass is 285 g/mol. The van der Waals surface area contributed by atoms with Crippen LogP contribution in [0.15, 0.2) is 22.7 Å². The Balaban J connectivity index is 2.01. The predicted molar refractivity (Wildman–Crippen MR) is 68.0 cm³/mol. The summed E-state index contributed by atoms with van der Waals surface area (Å²) in [6.07, 6.45) is 4.78. The van der Waals surface area contributed by atoms with E-state index in [4.69, 9.17) is 0 Å². The fraction of sp³-hybridized carbons (Fsp3) is 0.538. The molecule has 0 bridgehead atoms. The summed E-state index contributed by atoms with van der Waals surface area (Å²) in [5.41, 5.74) is 1.10. The molecule has 1 N–H and O–H groups in total. The van der Waals surface area contributed by atoms with Gasteiger partial charge in [-0.1, -0.05) is 22.4 Å². The third-order valence-electron chi connectivity index (χ3n) is 3.10. The van der Waals surface area contributed by atoms with Gasteiger partial charge in [0.1, 0.15) is 5.82 Å². The quantitative estimate of drug-likeness (QED) is 0.877. The molecule has 0 radical (unpaired) electrons. The highest BCUT2D eigenvalue weighted by molar-refractivity contribution is 9.10. The summed E-state index contributed by atoms with van der Waals surface area (Å²) in [4.78, 5) is 0. The Morgan fingerprint density at radius 2 is 2.19 bits per heavy atom. The normalized spacial score (nSPS) is 21.8. The molecular weight excluding hydrogens is 269 g/mol. The number of halogens is 2. The molecule has 1 aromatic carbocycles. The Morgan fingerprint density at radius 3 is 3.00 bits per heavy atom. The summed E-state index contributed by atoms with van der Waals surface area (Å²) in [5, 5.41) is 3.44. The molecule has 1 saturated heterocycles. The predicted octanol–water partition coefficient (Wildman–Crippen LogP) is 3.52. The lowest BCUT2D eigenvalue weighted by atomic mass is 9.95. The van der Waals surface area contributed by atoms with Crippen molar-refractivity contribution in [2.24, 2.45) is 5.92 Å². The van der Waals surface area contributed by atoms with Gasteiger partial charge in [-0.25, -0.2) is 4.39 Å². The Bertz CT molecular complexity index is 326. The van der Waals surface area contributed by atoms with Gasteiger partial charge in [0.25, 0.3) is 0 Å². The first-order valence-electron chi connectivity index (χ1n) is 5.90. The summed E-state index contributed by atoms with van der Waals surface area (Å²) >= 11 is 3.34. The van der Waals surface area contributed by atoms with Crippen LogP contribution >= 0.6 is 15.9 Å². The second-order valence-electron chi connectivity index (χ2n) is 4.55. The molecule has 1 aromatic rings. The zero-order valence-electron chi connectivity index (χ0n) is 9.31. The molecule has 16 heavy (non-hydrogen) atoms. The molecule has 2 rings (SSSR count). The molecular formula is C13H17BrFN. The highest BCUT2D eigenvalue weighted by Gasteiger charge is 2.13. The minimum Gasteiger partial charge on any atom is -0.316 e. The van der Waals surface area contributed by atoms with Crippen LogP contribution in [0.25, 0.3) is 0 Å². The Kier molecular flexibility index (Phi) is 4.36. The molecule has 3 heteroatoms. The average molecular weight is 286 g/mol. The van der Waals surface area contributed by atoms with Crippen molar-refractivity contribution in [3.8, 4) is 0 Å². The van der Waals surface area contributed by atoms with Crippen LogP contribution in [-0.2, 0) is 6.42 Å². The Labute approximate surface area is 105 Å². The lowest BCUT2D eigenvalue weighted by Crippen LogP contribution is -2.22. The molecule has 1 aliphatic rings. The van der Waals surface area contributed by atoms with Crippen LogP contribution in [0.1, 0.15) is 24.8 Å². The van der Waals surface area contributed by atoms with Crippen LogP contribution in [0.5, 0.6) is 0 Å². The van der Waals surface area contributed by atoms with Crippen molar-refractivity contribution < 1.29 is 4.39 Å². The van der Waals surface area contributed by atoms with Crippen molar-refractivity contribution in [2.45, 2.75) is 25.7 Å². The minimum absolute atomic E-state index is 0.147. The van der Waals surface area contributed by atoms with E-state index in [0.717, 1.165) is 29.5 Å². The van der Waals surface area contributed by atoms with E-state index in [9.17, 15) is 4.39 Å². The zero-order chi connectivity index (χ0) is 11.4. The van der Waals surface area contributed by atoms with E-state index in [2.05, 4.69) is 21.2 Å². The van der Waals surface area contributed by atoms with Gasteiger partial charge in [0.05, 0.1) is 0 Å². The molecule has 88 valence electrons. The van der Waals surface area contributed by atoms with E-state index in [0.29, 0.717) is 5.92 Å². The van der Waals surface area contributed by atoms with Crippen molar-refractivity contribution >= 4 is 15.9 Å². The molecule has 0 aliphatic carbocycles. The third kappa shape index (κ3) is 3.56. The van der Waals surface area contributed by atoms with Gasteiger partial charge in [0, 0.05) is 4.47 Å². The van der Waals surface area contributed by atoms with Crippen LogP contribution < -0.4 is 5.32 Å². The maximum absolute atomic E-state index is 13.2. The van der Waals surface area contributed by atoms with Gasteiger partial charge in [0.15, 0.2) is 0 Å². The molecule has 0 saturated carbocycles. The maximum Gasteiger partial charge on any atom is 0.124 e. The van der Waals surface area contributed by atoms with Gasteiger partial charge in [0.2, 0.25) is 0 Å². The summed E-state index contributed by atoms with van der Waals surface area (Å²) < 4.78 is 14.1. The fourth-order valence-electron chi connectivity index (χ4n) is 2.33. The summed E-state index contributed by atoms with van der Waals surface area (Å²) in [7, 11) is 0. The van der Waals surface area contributed by atoms with E-state index in [1.807, 2.05) is 6.07 Å². The van der Waals surface area contributed by atoms with Gasteiger partial charge in [-0.2, -0.15) is 0 Å². The smallest absolute Gasteiger partial charge is 0.124 e. The Morgan fingerprint density at radius 1 is 1.31 bits per heavy atom. The lowest BCUT2D eigenvalue weighted by Gasteiger charge is -2.14. The molecule has 0 aromatic heterocycles. The molecule has 1 heterocycles. The first-order valence-corrected chi connectivity index (χ1v) is 6.69. The number of rotatable bonds is 2. The standard InChI is InChI=1S/C13H17BrFN/c14-12-6-11(7-13(15)8-12)5-10-3-1-2-4-16-9-10/h6-8,10,16H,1-5,9H2. The van der Waals surface area contributed by atoms with E-state index in [-0.39, 0.29) is 5.82 Å². The average Bonchev–Trinajstić information content (AvgIpc) is 2.44. The fourth-order valence-corrected chi connectivity index (χ4v) is 2.84. The van der Waals surface area contributed by atoms with Crippen molar-refractivity contribution in [2.75, 3.05) is 13.1 Å². The third-order valence-corrected chi connectivity index (χ3v) is 3.55. The van der Waals surface area contributed by atoms with Crippen molar-refractivity contribution in [1.82, 2.24) is 5.32 Å².